The van der Waals surface area contributed by atoms with E-state index in [1.807, 2.05) is 0 Å². The van der Waals surface area contributed by atoms with Crippen LogP contribution in [0, 0.1) is 10.1 Å². The van der Waals surface area contributed by atoms with Crippen molar-refractivity contribution in [3.05, 3.63) is 27.8 Å². The van der Waals surface area contributed by atoms with Crippen molar-refractivity contribution in [1.29, 1.82) is 0 Å². The van der Waals surface area contributed by atoms with E-state index in [4.69, 9.17) is 10.5 Å². The molecule has 0 saturated carbocycles. The average molecular weight is 224 g/mol. The summed E-state index contributed by atoms with van der Waals surface area (Å²) in [6, 6.07) is 2.55. The van der Waals surface area contributed by atoms with Crippen molar-refractivity contribution in [3.63, 3.8) is 0 Å². The van der Waals surface area contributed by atoms with Gasteiger partial charge in [-0.3, -0.25) is 14.9 Å². The lowest BCUT2D eigenvalue weighted by atomic mass is 10.1. The number of carbonyl (C=O) groups is 1. The molecule has 0 bridgehead atoms. The van der Waals surface area contributed by atoms with Gasteiger partial charge >= 0.3 is 5.69 Å². The molecule has 1 rings (SSSR count). The van der Waals surface area contributed by atoms with E-state index in [0.29, 0.717) is 0 Å². The summed E-state index contributed by atoms with van der Waals surface area (Å²) in [6.45, 7) is 3.27. The Morgan fingerprint density at radius 3 is 2.62 bits per heavy atom. The van der Waals surface area contributed by atoms with Crippen molar-refractivity contribution in [1.82, 2.24) is 0 Å². The summed E-state index contributed by atoms with van der Waals surface area (Å²) in [6.07, 6.45) is 0. The van der Waals surface area contributed by atoms with E-state index in [9.17, 15) is 14.9 Å². The minimum absolute atomic E-state index is 0.0172. The molecule has 0 fully saturated rings. The second-order valence-corrected chi connectivity index (χ2v) is 3.12. The molecule has 0 unspecified atom stereocenters. The Labute approximate surface area is 92.2 Å². The predicted octanol–water partition coefficient (Wildman–Crippen LogP) is 1.78. The van der Waals surface area contributed by atoms with Gasteiger partial charge in [-0.25, -0.2) is 0 Å². The molecule has 0 spiro atoms. The molecule has 0 aliphatic carbocycles. The number of nitrogens with two attached hydrogens (primary N) is 1. The number of hydrogen-bond donors (Lipinski definition) is 1. The van der Waals surface area contributed by atoms with Crippen LogP contribution in [-0.2, 0) is 0 Å². The first-order chi connectivity index (χ1) is 7.49. The van der Waals surface area contributed by atoms with Gasteiger partial charge in [0.05, 0.1) is 17.2 Å². The number of ether oxygens (including phenoxy) is 1. The van der Waals surface area contributed by atoms with Crippen molar-refractivity contribution in [2.75, 3.05) is 12.3 Å². The summed E-state index contributed by atoms with van der Waals surface area (Å²) in [5.41, 5.74) is 5.67. The maximum atomic E-state index is 11.2. The number of nitro benzene ring substituents is 1. The SMILES string of the molecule is CCOc1c([N+](=O)[O-])ccc(C(C)=O)c1N. The Bertz CT molecular complexity index is 443. The molecule has 0 aromatic heterocycles. The normalized spacial score (nSPS) is 9.88. The van der Waals surface area contributed by atoms with Crippen molar-refractivity contribution in [3.8, 4) is 5.75 Å². The molecule has 0 heterocycles. The average Bonchev–Trinajstić information content (AvgIpc) is 2.20. The monoisotopic (exact) mass is 224 g/mol. The highest BCUT2D eigenvalue weighted by atomic mass is 16.6. The molecular formula is C10H12N2O4. The summed E-state index contributed by atoms with van der Waals surface area (Å²) in [5.74, 6) is -0.298. The van der Waals surface area contributed by atoms with Gasteiger partial charge < -0.3 is 10.5 Å². The third kappa shape index (κ3) is 2.10. The van der Waals surface area contributed by atoms with Gasteiger partial charge in [0.2, 0.25) is 5.75 Å². The zero-order valence-electron chi connectivity index (χ0n) is 9.02. The van der Waals surface area contributed by atoms with E-state index in [0.717, 1.165) is 0 Å². The van der Waals surface area contributed by atoms with Crippen LogP contribution in [0.15, 0.2) is 12.1 Å². The number of nitrogen functional groups attached to an aromatic ring is 1. The molecule has 1 aromatic rings. The molecule has 16 heavy (non-hydrogen) atoms. The lowest BCUT2D eigenvalue weighted by molar-refractivity contribution is -0.385. The topological polar surface area (TPSA) is 95.5 Å². The Balaban J connectivity index is 3.41. The molecule has 86 valence electrons. The van der Waals surface area contributed by atoms with Crippen molar-refractivity contribution < 1.29 is 14.5 Å². The molecule has 0 aliphatic heterocycles. The summed E-state index contributed by atoms with van der Waals surface area (Å²) < 4.78 is 5.10. The van der Waals surface area contributed by atoms with Gasteiger partial charge in [0, 0.05) is 11.6 Å². The molecule has 1 aromatic carbocycles. The second kappa shape index (κ2) is 4.61. The fourth-order valence-electron chi connectivity index (χ4n) is 1.33. The molecule has 0 atom stereocenters. The van der Waals surface area contributed by atoms with Crippen LogP contribution >= 0.6 is 0 Å². The third-order valence-electron chi connectivity index (χ3n) is 2.04. The van der Waals surface area contributed by atoms with Crippen LogP contribution in [-0.4, -0.2) is 17.3 Å². The molecule has 0 saturated heterocycles. The number of ketones is 1. The minimum atomic E-state index is -0.592. The van der Waals surface area contributed by atoms with Gasteiger partial charge in [0.25, 0.3) is 0 Å². The Hall–Kier alpha value is -2.11. The molecular weight excluding hydrogens is 212 g/mol. The zero-order valence-corrected chi connectivity index (χ0v) is 9.02. The summed E-state index contributed by atoms with van der Waals surface area (Å²) in [4.78, 5) is 21.3. The number of benzene rings is 1. The van der Waals surface area contributed by atoms with Crippen LogP contribution in [0.5, 0.6) is 5.75 Å². The highest BCUT2D eigenvalue weighted by Gasteiger charge is 2.21. The van der Waals surface area contributed by atoms with Gasteiger partial charge in [-0.05, 0) is 19.9 Å². The highest BCUT2D eigenvalue weighted by molar-refractivity contribution is 6.01. The number of hydrogen-bond acceptors (Lipinski definition) is 5. The third-order valence-corrected chi connectivity index (χ3v) is 2.04. The van der Waals surface area contributed by atoms with Crippen LogP contribution in [0.4, 0.5) is 11.4 Å². The van der Waals surface area contributed by atoms with E-state index in [2.05, 4.69) is 0 Å². The molecule has 2 N–H and O–H groups in total. The molecule has 6 nitrogen and oxygen atoms in total. The number of Topliss-reactive ketones (excluding diaryl/α,β-unsaturated/α-hetero) is 1. The van der Waals surface area contributed by atoms with Gasteiger partial charge in [0.15, 0.2) is 5.78 Å². The zero-order chi connectivity index (χ0) is 12.3. The van der Waals surface area contributed by atoms with E-state index in [1.54, 1.807) is 6.92 Å². The quantitative estimate of drug-likeness (QED) is 0.364. The fraction of sp³-hybridized carbons (Fsp3) is 0.300. The Kier molecular flexibility index (Phi) is 3.44. The molecule has 0 amide bonds. The summed E-state index contributed by atoms with van der Waals surface area (Å²) in [7, 11) is 0. The lowest BCUT2D eigenvalue weighted by Gasteiger charge is -2.09. The van der Waals surface area contributed by atoms with Gasteiger partial charge in [-0.15, -0.1) is 0 Å². The van der Waals surface area contributed by atoms with Crippen molar-refractivity contribution in [2.24, 2.45) is 0 Å². The maximum absolute atomic E-state index is 11.2. The summed E-state index contributed by atoms with van der Waals surface area (Å²) in [5, 5.41) is 10.7. The van der Waals surface area contributed by atoms with Crippen LogP contribution in [0.25, 0.3) is 0 Å². The minimum Gasteiger partial charge on any atom is -0.486 e. The van der Waals surface area contributed by atoms with Crippen LogP contribution < -0.4 is 10.5 Å². The largest absolute Gasteiger partial charge is 0.486 e. The molecule has 6 heteroatoms. The highest BCUT2D eigenvalue weighted by Crippen LogP contribution is 2.35. The van der Waals surface area contributed by atoms with E-state index in [-0.39, 0.29) is 35.1 Å². The number of rotatable bonds is 4. The van der Waals surface area contributed by atoms with Gasteiger partial charge in [-0.2, -0.15) is 0 Å². The van der Waals surface area contributed by atoms with Crippen LogP contribution in [0.1, 0.15) is 24.2 Å². The number of nitrogens with zero attached hydrogens (tertiary/aromatic N) is 1. The predicted molar refractivity (Wildman–Crippen MR) is 58.7 cm³/mol. The Morgan fingerprint density at radius 1 is 1.56 bits per heavy atom. The standard InChI is InChI=1S/C10H12N2O4/c1-3-16-10-8(12(14)15)5-4-7(6(2)13)9(10)11/h4-5H,3,11H2,1-2H3. The summed E-state index contributed by atoms with van der Waals surface area (Å²) >= 11 is 0. The number of nitro groups is 1. The number of carbonyl (C=O) groups excluding carboxylic acids is 1. The second-order valence-electron chi connectivity index (χ2n) is 3.12. The lowest BCUT2D eigenvalue weighted by Crippen LogP contribution is -2.06. The molecule has 0 radical (unpaired) electrons. The Morgan fingerprint density at radius 2 is 2.19 bits per heavy atom. The fourth-order valence-corrected chi connectivity index (χ4v) is 1.33. The first-order valence-electron chi connectivity index (χ1n) is 4.69. The van der Waals surface area contributed by atoms with Crippen molar-refractivity contribution >= 4 is 17.2 Å². The smallest absolute Gasteiger partial charge is 0.313 e. The van der Waals surface area contributed by atoms with E-state index in [1.165, 1.54) is 19.1 Å². The van der Waals surface area contributed by atoms with Gasteiger partial charge in [0.1, 0.15) is 0 Å². The van der Waals surface area contributed by atoms with E-state index < -0.39 is 4.92 Å². The number of anilines is 1. The van der Waals surface area contributed by atoms with Crippen LogP contribution in [0.3, 0.4) is 0 Å². The first-order valence-corrected chi connectivity index (χ1v) is 4.69. The van der Waals surface area contributed by atoms with Crippen molar-refractivity contribution in [2.45, 2.75) is 13.8 Å². The molecule has 0 aliphatic rings. The maximum Gasteiger partial charge on any atom is 0.313 e. The van der Waals surface area contributed by atoms with E-state index >= 15 is 0 Å². The first kappa shape index (κ1) is 12.0. The van der Waals surface area contributed by atoms with Crippen LogP contribution in [0.2, 0.25) is 0 Å². The van der Waals surface area contributed by atoms with Gasteiger partial charge in [-0.1, -0.05) is 0 Å².